The highest BCUT2D eigenvalue weighted by Gasteiger charge is 2.30. The van der Waals surface area contributed by atoms with Crippen molar-refractivity contribution in [1.29, 1.82) is 0 Å². The summed E-state index contributed by atoms with van der Waals surface area (Å²) in [5, 5.41) is 3.04. The van der Waals surface area contributed by atoms with Crippen molar-refractivity contribution in [2.75, 3.05) is 23.7 Å². The highest BCUT2D eigenvalue weighted by molar-refractivity contribution is 7.92. The van der Waals surface area contributed by atoms with Crippen molar-refractivity contribution in [3.05, 3.63) is 101 Å². The van der Waals surface area contributed by atoms with E-state index in [1.165, 1.54) is 10.6 Å². The van der Waals surface area contributed by atoms with Gasteiger partial charge < -0.3 is 10.2 Å². The Labute approximate surface area is 252 Å². The van der Waals surface area contributed by atoms with Gasteiger partial charge in [0.15, 0.2) is 0 Å². The Morgan fingerprint density at radius 1 is 0.881 bits per heavy atom. The third-order valence-corrected chi connectivity index (χ3v) is 8.71. The molecule has 0 spiro atoms. The predicted octanol–water partition coefficient (Wildman–Crippen LogP) is 5.71. The molecule has 226 valence electrons. The SMILES string of the molecule is CCCCNC(=O)[C@H](Cc1ccccc1)N(Cc1cccc(C)c1)C(=O)CCCN(c1cccc(C)c1C)S(C)(=O)=O. The first-order valence-corrected chi connectivity index (χ1v) is 16.6. The number of carbonyl (C=O) groups is 2. The second-order valence-corrected chi connectivity index (χ2v) is 12.9. The van der Waals surface area contributed by atoms with Crippen LogP contribution in [0.1, 0.15) is 60.4 Å². The molecule has 42 heavy (non-hydrogen) atoms. The van der Waals surface area contributed by atoms with Gasteiger partial charge in [-0.2, -0.15) is 0 Å². The molecule has 0 aromatic heterocycles. The van der Waals surface area contributed by atoms with Crippen molar-refractivity contribution in [2.24, 2.45) is 0 Å². The van der Waals surface area contributed by atoms with Crippen LogP contribution in [0.2, 0.25) is 0 Å². The Kier molecular flexibility index (Phi) is 12.2. The first-order valence-electron chi connectivity index (χ1n) is 14.7. The topological polar surface area (TPSA) is 86.8 Å². The lowest BCUT2D eigenvalue weighted by atomic mass is 10.0. The van der Waals surface area contributed by atoms with Crippen LogP contribution in [0, 0.1) is 20.8 Å². The Morgan fingerprint density at radius 3 is 2.24 bits per heavy atom. The maximum Gasteiger partial charge on any atom is 0.243 e. The third kappa shape index (κ3) is 9.44. The van der Waals surface area contributed by atoms with E-state index >= 15 is 0 Å². The van der Waals surface area contributed by atoms with Crippen LogP contribution >= 0.6 is 0 Å². The maximum absolute atomic E-state index is 14.0. The van der Waals surface area contributed by atoms with Crippen LogP contribution < -0.4 is 9.62 Å². The second-order valence-electron chi connectivity index (χ2n) is 11.0. The highest BCUT2D eigenvalue weighted by atomic mass is 32.2. The number of sulfonamides is 1. The van der Waals surface area contributed by atoms with Crippen molar-refractivity contribution in [3.63, 3.8) is 0 Å². The lowest BCUT2D eigenvalue weighted by Crippen LogP contribution is -2.50. The molecule has 0 aliphatic carbocycles. The molecule has 1 atom stereocenters. The highest BCUT2D eigenvalue weighted by Crippen LogP contribution is 2.26. The number of amides is 2. The standard InChI is InChI=1S/C34H45N3O4S/c1-6-7-21-35-34(39)32(24-29-16-9-8-10-17-29)36(25-30-18-11-14-26(2)23-30)33(38)20-13-22-37(42(5,40)41)31-19-12-15-27(3)28(31)4/h8-12,14-19,23,32H,6-7,13,20-22,24-25H2,1-5H3,(H,35,39)/t32-/m0/s1. The van der Waals surface area contributed by atoms with Crippen LogP contribution in [0.4, 0.5) is 5.69 Å². The van der Waals surface area contributed by atoms with Gasteiger partial charge in [0.2, 0.25) is 21.8 Å². The van der Waals surface area contributed by atoms with E-state index in [1.54, 1.807) is 11.0 Å². The summed E-state index contributed by atoms with van der Waals surface area (Å²) in [6.07, 6.45) is 3.81. The number of hydrogen-bond acceptors (Lipinski definition) is 4. The predicted molar refractivity (Wildman–Crippen MR) is 171 cm³/mol. The molecule has 0 saturated heterocycles. The number of aryl methyl sites for hydroxylation is 2. The minimum absolute atomic E-state index is 0.107. The lowest BCUT2D eigenvalue weighted by Gasteiger charge is -2.32. The molecule has 0 bridgehead atoms. The fourth-order valence-corrected chi connectivity index (χ4v) is 6.07. The van der Waals surface area contributed by atoms with E-state index in [-0.39, 0.29) is 31.3 Å². The third-order valence-electron chi connectivity index (χ3n) is 7.53. The summed E-state index contributed by atoms with van der Waals surface area (Å²) in [5.41, 5.74) is 5.49. The molecule has 0 heterocycles. The van der Waals surface area contributed by atoms with E-state index in [4.69, 9.17) is 0 Å². The molecular formula is C34H45N3O4S. The average molecular weight is 592 g/mol. The van der Waals surface area contributed by atoms with Crippen LogP contribution in [0.15, 0.2) is 72.8 Å². The molecule has 0 radical (unpaired) electrons. The van der Waals surface area contributed by atoms with Crippen LogP contribution in [0.25, 0.3) is 0 Å². The van der Waals surface area contributed by atoms with Crippen LogP contribution in [0.5, 0.6) is 0 Å². The summed E-state index contributed by atoms with van der Waals surface area (Å²) in [7, 11) is -3.57. The summed E-state index contributed by atoms with van der Waals surface area (Å²) in [5.74, 6) is -0.362. The maximum atomic E-state index is 14.0. The number of nitrogens with zero attached hydrogens (tertiary/aromatic N) is 2. The number of rotatable bonds is 15. The van der Waals surface area contributed by atoms with Crippen molar-refractivity contribution in [2.45, 2.75) is 72.4 Å². The monoisotopic (exact) mass is 591 g/mol. The molecule has 0 aliphatic heterocycles. The lowest BCUT2D eigenvalue weighted by molar-refractivity contribution is -0.141. The average Bonchev–Trinajstić information content (AvgIpc) is 2.94. The van der Waals surface area contributed by atoms with Gasteiger partial charge in [-0.1, -0.05) is 85.6 Å². The molecule has 1 N–H and O–H groups in total. The van der Waals surface area contributed by atoms with Gasteiger partial charge in [0.05, 0.1) is 11.9 Å². The number of carbonyl (C=O) groups excluding carboxylic acids is 2. The van der Waals surface area contributed by atoms with Crippen molar-refractivity contribution >= 4 is 27.5 Å². The molecule has 3 aromatic carbocycles. The van der Waals surface area contributed by atoms with E-state index in [9.17, 15) is 18.0 Å². The van der Waals surface area contributed by atoms with Gasteiger partial charge in [0.1, 0.15) is 6.04 Å². The first kappa shape index (κ1) is 32.9. The van der Waals surface area contributed by atoms with Crippen LogP contribution in [-0.4, -0.2) is 50.5 Å². The minimum atomic E-state index is -3.57. The Morgan fingerprint density at radius 2 is 1.57 bits per heavy atom. The number of unbranched alkanes of at least 4 members (excludes halogenated alkanes) is 1. The Hall–Kier alpha value is -3.65. The molecule has 0 unspecified atom stereocenters. The molecular weight excluding hydrogens is 546 g/mol. The van der Waals surface area contributed by atoms with E-state index in [0.717, 1.165) is 40.7 Å². The van der Waals surface area contributed by atoms with Gasteiger partial charge >= 0.3 is 0 Å². The fourth-order valence-electron chi connectivity index (χ4n) is 5.06. The Balaban J connectivity index is 1.89. The smallest absolute Gasteiger partial charge is 0.243 e. The van der Waals surface area contributed by atoms with Gasteiger partial charge in [-0.15, -0.1) is 0 Å². The number of hydrogen-bond donors (Lipinski definition) is 1. The van der Waals surface area contributed by atoms with Crippen LogP contribution in [-0.2, 0) is 32.6 Å². The number of benzene rings is 3. The largest absolute Gasteiger partial charge is 0.354 e. The van der Waals surface area contributed by atoms with E-state index in [0.29, 0.717) is 25.1 Å². The van der Waals surface area contributed by atoms with Crippen LogP contribution in [0.3, 0.4) is 0 Å². The quantitative estimate of drug-likeness (QED) is 0.229. The van der Waals surface area contributed by atoms with E-state index < -0.39 is 16.1 Å². The normalized spacial score (nSPS) is 12.0. The summed E-state index contributed by atoms with van der Waals surface area (Å²) < 4.78 is 26.9. The summed E-state index contributed by atoms with van der Waals surface area (Å²) in [6.45, 7) is 8.92. The number of nitrogens with one attached hydrogen (secondary N) is 1. The molecule has 0 aliphatic rings. The van der Waals surface area contributed by atoms with Gasteiger partial charge in [-0.05, 0) is 61.9 Å². The molecule has 3 aromatic rings. The second kappa shape index (κ2) is 15.5. The summed E-state index contributed by atoms with van der Waals surface area (Å²) in [4.78, 5) is 29.2. The van der Waals surface area contributed by atoms with Crippen molar-refractivity contribution in [3.8, 4) is 0 Å². The zero-order valence-electron chi connectivity index (χ0n) is 25.6. The van der Waals surface area contributed by atoms with E-state index in [1.807, 2.05) is 87.5 Å². The Bertz CT molecular complexity index is 1440. The van der Waals surface area contributed by atoms with Gasteiger partial charge in [-0.25, -0.2) is 8.42 Å². The molecule has 0 fully saturated rings. The zero-order chi connectivity index (χ0) is 30.7. The fraction of sp³-hybridized carbons (Fsp3) is 0.412. The molecule has 8 heteroatoms. The molecule has 7 nitrogen and oxygen atoms in total. The summed E-state index contributed by atoms with van der Waals surface area (Å²) >= 11 is 0. The first-order chi connectivity index (χ1) is 20.0. The molecule has 2 amide bonds. The van der Waals surface area contributed by atoms with Gasteiger partial charge in [-0.3, -0.25) is 13.9 Å². The number of anilines is 1. The van der Waals surface area contributed by atoms with E-state index in [2.05, 4.69) is 12.2 Å². The minimum Gasteiger partial charge on any atom is -0.354 e. The zero-order valence-corrected chi connectivity index (χ0v) is 26.4. The van der Waals surface area contributed by atoms with Crippen molar-refractivity contribution in [1.82, 2.24) is 10.2 Å². The molecule has 0 saturated carbocycles. The van der Waals surface area contributed by atoms with Gasteiger partial charge in [0, 0.05) is 32.5 Å². The summed E-state index contributed by atoms with van der Waals surface area (Å²) in [6, 6.07) is 22.6. The van der Waals surface area contributed by atoms with Crippen molar-refractivity contribution < 1.29 is 18.0 Å². The molecule has 3 rings (SSSR count). The van der Waals surface area contributed by atoms with Gasteiger partial charge in [0.25, 0.3) is 0 Å².